The van der Waals surface area contributed by atoms with Crippen molar-refractivity contribution in [1.29, 1.82) is 0 Å². The van der Waals surface area contributed by atoms with Crippen LogP contribution in [-0.2, 0) is 6.42 Å². The average Bonchev–Trinajstić information content (AvgIpc) is 2.89. The van der Waals surface area contributed by atoms with Crippen LogP contribution in [0.25, 0.3) is 11.0 Å². The van der Waals surface area contributed by atoms with Crippen molar-refractivity contribution in [3.05, 3.63) is 47.9 Å². The van der Waals surface area contributed by atoms with E-state index in [9.17, 15) is 9.18 Å². The molecule has 3 rings (SSSR count). The number of anilines is 1. The molecule has 0 amide bonds. The summed E-state index contributed by atoms with van der Waals surface area (Å²) < 4.78 is 13.1. The molecule has 2 heterocycles. The Bertz CT molecular complexity index is 816. The highest BCUT2D eigenvalue weighted by Crippen LogP contribution is 2.13. The van der Waals surface area contributed by atoms with Gasteiger partial charge in [-0.3, -0.25) is 0 Å². The Morgan fingerprint density at radius 3 is 2.91 bits per heavy atom. The van der Waals surface area contributed by atoms with Crippen LogP contribution in [0.1, 0.15) is 16.3 Å². The maximum atomic E-state index is 13.1. The van der Waals surface area contributed by atoms with Crippen molar-refractivity contribution < 1.29 is 14.3 Å². The summed E-state index contributed by atoms with van der Waals surface area (Å²) in [6.45, 7) is 0.531. The van der Waals surface area contributed by atoms with Crippen molar-refractivity contribution in [3.63, 3.8) is 0 Å². The molecule has 7 nitrogen and oxygen atoms in total. The van der Waals surface area contributed by atoms with Gasteiger partial charge in [-0.15, -0.1) is 0 Å². The number of fused-ring (bicyclic) bond motifs is 1. The number of hydrogen-bond acceptors (Lipinski definition) is 5. The first-order valence-corrected chi connectivity index (χ1v) is 6.55. The summed E-state index contributed by atoms with van der Waals surface area (Å²) in [7, 11) is 0. The minimum atomic E-state index is -1.12. The number of rotatable bonds is 5. The Morgan fingerprint density at radius 1 is 1.32 bits per heavy atom. The second-order valence-electron chi connectivity index (χ2n) is 4.61. The van der Waals surface area contributed by atoms with Gasteiger partial charge in [0, 0.05) is 13.0 Å². The number of carbonyl (C=O) groups is 1. The molecule has 0 atom stereocenters. The van der Waals surface area contributed by atoms with E-state index in [4.69, 9.17) is 5.11 Å². The topological polar surface area (TPSA) is 104 Å². The first kappa shape index (κ1) is 13.9. The van der Waals surface area contributed by atoms with E-state index in [1.807, 2.05) is 0 Å². The van der Waals surface area contributed by atoms with Gasteiger partial charge in [-0.1, -0.05) is 0 Å². The lowest BCUT2D eigenvalue weighted by Gasteiger charge is -2.03. The summed E-state index contributed by atoms with van der Waals surface area (Å²) in [5.74, 6) is -0.224. The summed E-state index contributed by atoms with van der Waals surface area (Å²) in [4.78, 5) is 25.8. The van der Waals surface area contributed by atoms with Gasteiger partial charge in [-0.05, 0) is 18.2 Å². The van der Waals surface area contributed by atoms with Crippen LogP contribution in [0.3, 0.4) is 0 Å². The van der Waals surface area contributed by atoms with Crippen LogP contribution in [0.4, 0.5) is 10.2 Å². The van der Waals surface area contributed by atoms with Crippen LogP contribution in [-0.4, -0.2) is 37.6 Å². The minimum absolute atomic E-state index is 0.107. The molecule has 0 radical (unpaired) electrons. The summed E-state index contributed by atoms with van der Waals surface area (Å²) in [5.41, 5.74) is 1.26. The number of hydrogen-bond donors (Lipinski definition) is 3. The van der Waals surface area contributed by atoms with Crippen LogP contribution in [0.5, 0.6) is 0 Å². The SMILES string of the molecule is O=C(O)c1cnc(NCCc2nc3ccc(F)cc3[nH]2)cn1. The van der Waals surface area contributed by atoms with E-state index >= 15 is 0 Å². The molecule has 2 aromatic heterocycles. The van der Waals surface area contributed by atoms with Crippen molar-refractivity contribution in [2.24, 2.45) is 0 Å². The third-order valence-electron chi connectivity index (χ3n) is 3.03. The Hall–Kier alpha value is -3.03. The van der Waals surface area contributed by atoms with Crippen LogP contribution < -0.4 is 5.32 Å². The highest BCUT2D eigenvalue weighted by molar-refractivity contribution is 5.84. The fraction of sp³-hybridized carbons (Fsp3) is 0.143. The van der Waals surface area contributed by atoms with Crippen LogP contribution in [0, 0.1) is 5.82 Å². The maximum Gasteiger partial charge on any atom is 0.356 e. The number of halogens is 1. The number of aromatic carboxylic acids is 1. The van der Waals surface area contributed by atoms with Crippen LogP contribution in [0.2, 0.25) is 0 Å². The number of benzene rings is 1. The summed E-state index contributed by atoms with van der Waals surface area (Å²) in [6, 6.07) is 4.38. The zero-order chi connectivity index (χ0) is 15.5. The van der Waals surface area contributed by atoms with E-state index in [1.165, 1.54) is 24.5 Å². The standard InChI is InChI=1S/C14H12FN5O2/c15-8-1-2-9-10(5-8)20-12(19-9)3-4-16-13-7-17-11(6-18-13)14(21)22/h1-2,5-7H,3-4H2,(H,16,18)(H,19,20)(H,21,22). The minimum Gasteiger partial charge on any atom is -0.476 e. The van der Waals surface area contributed by atoms with E-state index in [-0.39, 0.29) is 11.5 Å². The third kappa shape index (κ3) is 3.00. The fourth-order valence-corrected chi connectivity index (χ4v) is 1.99. The molecule has 0 fully saturated rings. The molecule has 8 heteroatoms. The molecule has 112 valence electrons. The number of imidazole rings is 1. The van der Waals surface area contributed by atoms with Gasteiger partial charge in [0.1, 0.15) is 17.5 Å². The van der Waals surface area contributed by atoms with Gasteiger partial charge in [0.15, 0.2) is 5.69 Å². The number of carboxylic acids is 1. The molecule has 0 aliphatic rings. The molecule has 0 saturated carbocycles. The third-order valence-corrected chi connectivity index (χ3v) is 3.03. The van der Waals surface area contributed by atoms with Gasteiger partial charge >= 0.3 is 5.97 Å². The monoisotopic (exact) mass is 301 g/mol. The summed E-state index contributed by atoms with van der Waals surface area (Å²) >= 11 is 0. The van der Waals surface area contributed by atoms with E-state index in [0.717, 1.165) is 5.82 Å². The normalized spacial score (nSPS) is 10.8. The van der Waals surface area contributed by atoms with Gasteiger partial charge in [0.2, 0.25) is 0 Å². The Morgan fingerprint density at radius 2 is 2.18 bits per heavy atom. The zero-order valence-electron chi connectivity index (χ0n) is 11.4. The van der Waals surface area contributed by atoms with Crippen molar-refractivity contribution >= 4 is 22.8 Å². The molecule has 0 bridgehead atoms. The Labute approximate surface area is 124 Å². The van der Waals surface area contributed by atoms with Crippen LogP contribution >= 0.6 is 0 Å². The van der Waals surface area contributed by atoms with Gasteiger partial charge in [-0.2, -0.15) is 0 Å². The average molecular weight is 301 g/mol. The number of carboxylic acid groups (broad SMARTS) is 1. The van der Waals surface area contributed by atoms with Gasteiger partial charge in [-0.25, -0.2) is 24.1 Å². The molecule has 0 spiro atoms. The molecule has 0 aliphatic heterocycles. The van der Waals surface area contributed by atoms with Crippen molar-refractivity contribution in [2.45, 2.75) is 6.42 Å². The van der Waals surface area contributed by atoms with Gasteiger partial charge < -0.3 is 15.4 Å². The van der Waals surface area contributed by atoms with Crippen molar-refractivity contribution in [1.82, 2.24) is 19.9 Å². The highest BCUT2D eigenvalue weighted by atomic mass is 19.1. The predicted octanol–water partition coefficient (Wildman–Crippen LogP) is 1.84. The molecule has 1 aromatic carbocycles. The first-order chi connectivity index (χ1) is 10.6. The van der Waals surface area contributed by atoms with Gasteiger partial charge in [0.05, 0.1) is 23.4 Å². The Kier molecular flexibility index (Phi) is 3.65. The summed E-state index contributed by atoms with van der Waals surface area (Å²) in [5, 5.41) is 11.7. The van der Waals surface area contributed by atoms with E-state index in [2.05, 4.69) is 25.3 Å². The second-order valence-corrected chi connectivity index (χ2v) is 4.61. The van der Waals surface area contributed by atoms with E-state index in [0.29, 0.717) is 29.8 Å². The van der Waals surface area contributed by atoms with Crippen molar-refractivity contribution in [3.8, 4) is 0 Å². The van der Waals surface area contributed by atoms with E-state index < -0.39 is 5.97 Å². The molecular formula is C14H12FN5O2. The number of nitrogens with zero attached hydrogens (tertiary/aromatic N) is 3. The smallest absolute Gasteiger partial charge is 0.356 e. The summed E-state index contributed by atoms with van der Waals surface area (Å²) in [6.07, 6.45) is 3.13. The second kappa shape index (κ2) is 5.76. The quantitative estimate of drug-likeness (QED) is 0.664. The molecule has 0 saturated heterocycles. The van der Waals surface area contributed by atoms with Gasteiger partial charge in [0.25, 0.3) is 0 Å². The maximum absolute atomic E-state index is 13.1. The molecular weight excluding hydrogens is 289 g/mol. The lowest BCUT2D eigenvalue weighted by molar-refractivity contribution is 0.0690. The molecule has 0 unspecified atom stereocenters. The fourth-order valence-electron chi connectivity index (χ4n) is 1.99. The lowest BCUT2D eigenvalue weighted by atomic mass is 10.3. The van der Waals surface area contributed by atoms with Crippen molar-refractivity contribution in [2.75, 3.05) is 11.9 Å². The molecule has 3 aromatic rings. The first-order valence-electron chi connectivity index (χ1n) is 6.55. The molecule has 0 aliphatic carbocycles. The largest absolute Gasteiger partial charge is 0.476 e. The zero-order valence-corrected chi connectivity index (χ0v) is 11.4. The number of nitrogens with one attached hydrogen (secondary N) is 2. The predicted molar refractivity (Wildman–Crippen MR) is 77.2 cm³/mol. The number of aromatic amines is 1. The molecule has 22 heavy (non-hydrogen) atoms. The molecule has 3 N–H and O–H groups in total. The van der Waals surface area contributed by atoms with E-state index in [1.54, 1.807) is 6.07 Å². The lowest BCUT2D eigenvalue weighted by Crippen LogP contribution is -2.09. The number of aromatic nitrogens is 4. The Balaban J connectivity index is 1.60. The highest BCUT2D eigenvalue weighted by Gasteiger charge is 2.06. The van der Waals surface area contributed by atoms with Crippen LogP contribution in [0.15, 0.2) is 30.6 Å². The number of H-pyrrole nitrogens is 1.